The number of carbonyl (C=O) groups excluding carboxylic acids is 1. The van der Waals surface area contributed by atoms with Gasteiger partial charge in [0.2, 0.25) is 0 Å². The standard InChI is InChI=1S/C14H7FN4O5S/c15-8-2-3-9-12(6-8)25-14(16-9)17-13(20)7-1-4-10(18(21)22)11(5-7)19(23)24/h1-6H,(H,16,17,20). The Morgan fingerprint density at radius 3 is 2.48 bits per heavy atom. The zero-order chi connectivity index (χ0) is 18.1. The van der Waals surface area contributed by atoms with E-state index in [9.17, 15) is 29.4 Å². The molecule has 126 valence electrons. The highest BCUT2D eigenvalue weighted by molar-refractivity contribution is 7.22. The van der Waals surface area contributed by atoms with Crippen molar-refractivity contribution in [2.24, 2.45) is 0 Å². The monoisotopic (exact) mass is 362 g/mol. The van der Waals surface area contributed by atoms with Gasteiger partial charge in [-0.25, -0.2) is 9.37 Å². The second-order valence-corrected chi connectivity index (χ2v) is 5.83. The first-order valence-electron chi connectivity index (χ1n) is 6.65. The first kappa shape index (κ1) is 16.4. The Kier molecular flexibility index (Phi) is 4.07. The first-order valence-corrected chi connectivity index (χ1v) is 7.47. The molecule has 0 radical (unpaired) electrons. The molecule has 0 atom stereocenters. The molecule has 0 aliphatic heterocycles. The zero-order valence-electron chi connectivity index (χ0n) is 12.1. The summed E-state index contributed by atoms with van der Waals surface area (Å²) >= 11 is 1.03. The molecule has 0 fully saturated rings. The minimum absolute atomic E-state index is 0.136. The highest BCUT2D eigenvalue weighted by atomic mass is 32.1. The third-order valence-electron chi connectivity index (χ3n) is 3.20. The van der Waals surface area contributed by atoms with Crippen LogP contribution in [0.25, 0.3) is 10.2 Å². The average Bonchev–Trinajstić information content (AvgIpc) is 2.95. The summed E-state index contributed by atoms with van der Waals surface area (Å²) in [4.78, 5) is 36.2. The molecule has 0 aliphatic carbocycles. The molecule has 3 rings (SSSR count). The van der Waals surface area contributed by atoms with Crippen LogP contribution in [0.15, 0.2) is 36.4 Å². The third kappa shape index (κ3) is 3.26. The molecule has 0 bridgehead atoms. The van der Waals surface area contributed by atoms with Crippen molar-refractivity contribution < 1.29 is 19.0 Å². The van der Waals surface area contributed by atoms with Crippen molar-refractivity contribution in [3.8, 4) is 0 Å². The van der Waals surface area contributed by atoms with Crippen LogP contribution in [-0.4, -0.2) is 20.7 Å². The lowest BCUT2D eigenvalue weighted by Gasteiger charge is -2.02. The maximum Gasteiger partial charge on any atom is 0.346 e. The van der Waals surface area contributed by atoms with Gasteiger partial charge < -0.3 is 0 Å². The minimum Gasteiger partial charge on any atom is -0.298 e. The van der Waals surface area contributed by atoms with Gasteiger partial charge in [-0.05, 0) is 24.3 Å². The Balaban J connectivity index is 1.90. The van der Waals surface area contributed by atoms with Gasteiger partial charge in [0.1, 0.15) is 5.82 Å². The summed E-state index contributed by atoms with van der Waals surface area (Å²) in [5, 5.41) is 24.3. The lowest BCUT2D eigenvalue weighted by Crippen LogP contribution is -2.12. The number of halogens is 1. The number of hydrogen-bond donors (Lipinski definition) is 1. The van der Waals surface area contributed by atoms with Crippen molar-refractivity contribution in [3.05, 3.63) is 68.0 Å². The van der Waals surface area contributed by atoms with Crippen molar-refractivity contribution in [3.63, 3.8) is 0 Å². The summed E-state index contributed by atoms with van der Waals surface area (Å²) in [6, 6.07) is 6.76. The van der Waals surface area contributed by atoms with Gasteiger partial charge in [-0.3, -0.25) is 30.3 Å². The molecule has 9 nitrogen and oxygen atoms in total. The molecule has 0 unspecified atom stereocenters. The van der Waals surface area contributed by atoms with Crippen molar-refractivity contribution in [2.45, 2.75) is 0 Å². The lowest BCUT2D eigenvalue weighted by atomic mass is 10.1. The highest BCUT2D eigenvalue weighted by Crippen LogP contribution is 2.29. The Morgan fingerprint density at radius 1 is 1.08 bits per heavy atom. The molecule has 3 aromatic rings. The van der Waals surface area contributed by atoms with Crippen molar-refractivity contribution in [1.29, 1.82) is 0 Å². The SMILES string of the molecule is O=C(Nc1nc2ccc(F)cc2s1)c1ccc([N+](=O)[O-])c([N+](=O)[O-])c1. The number of carbonyl (C=O) groups is 1. The number of anilines is 1. The molecule has 25 heavy (non-hydrogen) atoms. The number of aromatic nitrogens is 1. The topological polar surface area (TPSA) is 128 Å². The van der Waals surface area contributed by atoms with Crippen LogP contribution in [0, 0.1) is 26.0 Å². The van der Waals surface area contributed by atoms with Gasteiger partial charge in [0.05, 0.1) is 20.1 Å². The van der Waals surface area contributed by atoms with Crippen LogP contribution in [0.3, 0.4) is 0 Å². The number of nitrogens with zero attached hydrogens (tertiary/aromatic N) is 3. The molecule has 1 aromatic heterocycles. The number of rotatable bonds is 4. The van der Waals surface area contributed by atoms with Crippen LogP contribution in [0.1, 0.15) is 10.4 Å². The van der Waals surface area contributed by atoms with Gasteiger partial charge in [-0.2, -0.15) is 0 Å². The highest BCUT2D eigenvalue weighted by Gasteiger charge is 2.25. The number of nitrogens with one attached hydrogen (secondary N) is 1. The van der Waals surface area contributed by atoms with Gasteiger partial charge >= 0.3 is 11.4 Å². The second kappa shape index (κ2) is 6.20. The maximum absolute atomic E-state index is 13.2. The third-order valence-corrected chi connectivity index (χ3v) is 4.14. The van der Waals surface area contributed by atoms with E-state index in [4.69, 9.17) is 0 Å². The molecule has 1 heterocycles. The first-order chi connectivity index (χ1) is 11.8. The van der Waals surface area contributed by atoms with Crippen molar-refractivity contribution in [2.75, 3.05) is 5.32 Å². The van der Waals surface area contributed by atoms with E-state index >= 15 is 0 Å². The van der Waals surface area contributed by atoms with Crippen LogP contribution in [0.2, 0.25) is 0 Å². The van der Waals surface area contributed by atoms with E-state index in [0.717, 1.165) is 29.5 Å². The number of nitro groups is 2. The van der Waals surface area contributed by atoms with Gasteiger partial charge in [-0.1, -0.05) is 11.3 Å². The van der Waals surface area contributed by atoms with Gasteiger partial charge in [0.15, 0.2) is 5.13 Å². The summed E-state index contributed by atoms with van der Waals surface area (Å²) in [7, 11) is 0. The number of thiazole rings is 1. The van der Waals surface area contributed by atoms with E-state index < -0.39 is 32.9 Å². The van der Waals surface area contributed by atoms with Crippen LogP contribution in [0.4, 0.5) is 20.9 Å². The fraction of sp³-hybridized carbons (Fsp3) is 0. The smallest absolute Gasteiger partial charge is 0.298 e. The fourth-order valence-electron chi connectivity index (χ4n) is 2.09. The molecule has 0 saturated carbocycles. The lowest BCUT2D eigenvalue weighted by molar-refractivity contribution is -0.422. The second-order valence-electron chi connectivity index (χ2n) is 4.80. The van der Waals surface area contributed by atoms with E-state index in [1.807, 2.05) is 0 Å². The number of amides is 1. The summed E-state index contributed by atoms with van der Waals surface area (Å²) in [6.07, 6.45) is 0. The Labute approximate surface area is 142 Å². The molecule has 0 saturated heterocycles. The molecule has 0 aliphatic rings. The predicted molar refractivity (Wildman–Crippen MR) is 87.3 cm³/mol. The quantitative estimate of drug-likeness (QED) is 0.559. The summed E-state index contributed by atoms with van der Waals surface area (Å²) in [6.45, 7) is 0. The molecule has 1 amide bonds. The van der Waals surface area contributed by atoms with Crippen LogP contribution in [-0.2, 0) is 0 Å². The van der Waals surface area contributed by atoms with E-state index in [1.54, 1.807) is 0 Å². The zero-order valence-corrected chi connectivity index (χ0v) is 12.9. The summed E-state index contributed by atoms with van der Waals surface area (Å²) in [5.41, 5.74) is -1.15. The molecular weight excluding hydrogens is 355 g/mol. The van der Waals surface area contributed by atoms with Gasteiger partial charge in [0.25, 0.3) is 5.91 Å². The van der Waals surface area contributed by atoms with Crippen LogP contribution < -0.4 is 5.32 Å². The number of fused-ring (bicyclic) bond motifs is 1. The van der Waals surface area contributed by atoms with E-state index in [-0.39, 0.29) is 10.7 Å². The average molecular weight is 362 g/mol. The Hall–Kier alpha value is -3.47. The summed E-state index contributed by atoms with van der Waals surface area (Å²) < 4.78 is 13.7. The number of benzene rings is 2. The van der Waals surface area contributed by atoms with Crippen LogP contribution in [0.5, 0.6) is 0 Å². The molecular formula is C14H7FN4O5S. The minimum atomic E-state index is -0.935. The molecule has 1 N–H and O–H groups in total. The van der Waals surface area contributed by atoms with Crippen molar-refractivity contribution in [1.82, 2.24) is 4.98 Å². The Morgan fingerprint density at radius 2 is 1.80 bits per heavy atom. The molecule has 0 spiro atoms. The van der Waals surface area contributed by atoms with E-state index in [2.05, 4.69) is 10.3 Å². The number of hydrogen-bond acceptors (Lipinski definition) is 7. The Bertz CT molecular complexity index is 1040. The van der Waals surface area contributed by atoms with E-state index in [1.165, 1.54) is 18.2 Å². The normalized spacial score (nSPS) is 10.6. The largest absolute Gasteiger partial charge is 0.346 e. The van der Waals surface area contributed by atoms with Gasteiger partial charge in [0, 0.05) is 17.7 Å². The van der Waals surface area contributed by atoms with Crippen LogP contribution >= 0.6 is 11.3 Å². The van der Waals surface area contributed by atoms with Gasteiger partial charge in [-0.15, -0.1) is 0 Å². The maximum atomic E-state index is 13.2. The predicted octanol–water partition coefficient (Wildman–Crippen LogP) is 3.50. The fourth-order valence-corrected chi connectivity index (χ4v) is 2.97. The molecule has 2 aromatic carbocycles. The van der Waals surface area contributed by atoms with E-state index in [0.29, 0.717) is 10.2 Å². The summed E-state index contributed by atoms with van der Waals surface area (Å²) in [5.74, 6) is -1.17. The number of nitro benzene ring substituents is 2. The molecule has 11 heteroatoms. The van der Waals surface area contributed by atoms with Crippen molar-refractivity contribution >= 4 is 44.0 Å².